The SMILES string of the molecule is CCC1(CC)CCN(CC(NC)C(=O)OC)CC1. The number of ether oxygens (including phenoxy) is 1. The summed E-state index contributed by atoms with van der Waals surface area (Å²) < 4.78 is 4.80. The Morgan fingerprint density at radius 3 is 2.28 bits per heavy atom. The Hall–Kier alpha value is -0.610. The fraction of sp³-hybridized carbons (Fsp3) is 0.929. The molecule has 1 fully saturated rings. The fourth-order valence-corrected chi connectivity index (χ4v) is 2.85. The van der Waals surface area contributed by atoms with E-state index in [0.717, 1.165) is 19.6 Å². The largest absolute Gasteiger partial charge is 0.468 e. The number of nitrogens with one attached hydrogen (secondary N) is 1. The lowest BCUT2D eigenvalue weighted by Crippen LogP contribution is -2.49. The van der Waals surface area contributed by atoms with Crippen LogP contribution in [-0.4, -0.2) is 50.7 Å². The normalized spacial score (nSPS) is 21.6. The van der Waals surface area contributed by atoms with E-state index in [1.54, 1.807) is 0 Å². The summed E-state index contributed by atoms with van der Waals surface area (Å²) in [6, 6.07) is -0.203. The van der Waals surface area contributed by atoms with Gasteiger partial charge < -0.3 is 15.0 Å². The van der Waals surface area contributed by atoms with E-state index >= 15 is 0 Å². The maximum atomic E-state index is 11.5. The van der Waals surface area contributed by atoms with E-state index in [0.29, 0.717) is 5.41 Å². The molecule has 1 rings (SSSR count). The number of nitrogens with zero attached hydrogens (tertiary/aromatic N) is 1. The number of hydrogen-bond acceptors (Lipinski definition) is 4. The Morgan fingerprint density at radius 1 is 1.33 bits per heavy atom. The minimum absolute atomic E-state index is 0.166. The molecule has 4 nitrogen and oxygen atoms in total. The standard InChI is InChI=1S/C14H28N2O2/c1-5-14(6-2)7-9-16(10-8-14)11-12(15-3)13(17)18-4/h12,15H,5-11H2,1-4H3. The van der Waals surface area contributed by atoms with Crippen LogP contribution >= 0.6 is 0 Å². The molecule has 0 bridgehead atoms. The lowest BCUT2D eigenvalue weighted by Gasteiger charge is -2.41. The van der Waals surface area contributed by atoms with E-state index in [4.69, 9.17) is 4.74 Å². The highest BCUT2D eigenvalue weighted by atomic mass is 16.5. The van der Waals surface area contributed by atoms with Crippen LogP contribution in [0.25, 0.3) is 0 Å². The first-order chi connectivity index (χ1) is 8.60. The van der Waals surface area contributed by atoms with E-state index < -0.39 is 0 Å². The zero-order chi connectivity index (χ0) is 13.6. The second kappa shape index (κ2) is 7.10. The van der Waals surface area contributed by atoms with Gasteiger partial charge in [-0.2, -0.15) is 0 Å². The number of rotatable bonds is 6. The highest BCUT2D eigenvalue weighted by Gasteiger charge is 2.32. The Balaban J connectivity index is 2.45. The van der Waals surface area contributed by atoms with E-state index in [9.17, 15) is 4.79 Å². The Labute approximate surface area is 111 Å². The summed E-state index contributed by atoms with van der Waals surface area (Å²) in [4.78, 5) is 13.9. The number of esters is 1. The first-order valence-electron chi connectivity index (χ1n) is 7.08. The summed E-state index contributed by atoms with van der Waals surface area (Å²) in [6.07, 6.45) is 5.03. The van der Waals surface area contributed by atoms with Crippen molar-refractivity contribution in [1.29, 1.82) is 0 Å². The first kappa shape index (κ1) is 15.4. The summed E-state index contributed by atoms with van der Waals surface area (Å²) in [5, 5.41) is 3.03. The molecule has 0 aromatic rings. The Kier molecular flexibility index (Phi) is 6.09. The van der Waals surface area contributed by atoms with Crippen molar-refractivity contribution in [2.75, 3.05) is 33.8 Å². The molecule has 106 valence electrons. The van der Waals surface area contributed by atoms with Gasteiger partial charge in [0.1, 0.15) is 6.04 Å². The van der Waals surface area contributed by atoms with E-state index in [-0.39, 0.29) is 12.0 Å². The first-order valence-corrected chi connectivity index (χ1v) is 7.08. The molecule has 1 heterocycles. The molecule has 0 aromatic heterocycles. The highest BCUT2D eigenvalue weighted by molar-refractivity contribution is 5.75. The number of carbonyl (C=O) groups excluding carboxylic acids is 1. The van der Waals surface area contributed by atoms with Gasteiger partial charge in [0.15, 0.2) is 0 Å². The smallest absolute Gasteiger partial charge is 0.324 e. The van der Waals surface area contributed by atoms with Crippen LogP contribution < -0.4 is 5.32 Å². The average molecular weight is 256 g/mol. The molecule has 1 atom stereocenters. The van der Waals surface area contributed by atoms with Gasteiger partial charge in [-0.3, -0.25) is 4.79 Å². The molecular formula is C14H28N2O2. The fourth-order valence-electron chi connectivity index (χ4n) is 2.85. The van der Waals surface area contributed by atoms with Crippen molar-refractivity contribution in [3.8, 4) is 0 Å². The quantitative estimate of drug-likeness (QED) is 0.734. The molecule has 1 N–H and O–H groups in total. The maximum absolute atomic E-state index is 11.5. The van der Waals surface area contributed by atoms with Gasteiger partial charge in [-0.1, -0.05) is 26.7 Å². The molecule has 1 saturated heterocycles. The molecule has 0 aromatic carbocycles. The zero-order valence-electron chi connectivity index (χ0n) is 12.3. The van der Waals surface area contributed by atoms with Crippen LogP contribution in [0.3, 0.4) is 0 Å². The van der Waals surface area contributed by atoms with Gasteiger partial charge >= 0.3 is 5.97 Å². The molecule has 0 saturated carbocycles. The third kappa shape index (κ3) is 3.69. The zero-order valence-corrected chi connectivity index (χ0v) is 12.3. The van der Waals surface area contributed by atoms with Crippen molar-refractivity contribution < 1.29 is 9.53 Å². The Bertz CT molecular complexity index is 255. The molecular weight excluding hydrogens is 228 g/mol. The molecule has 0 amide bonds. The monoisotopic (exact) mass is 256 g/mol. The molecule has 18 heavy (non-hydrogen) atoms. The van der Waals surface area contributed by atoms with E-state index in [1.807, 2.05) is 7.05 Å². The van der Waals surface area contributed by atoms with Crippen LogP contribution in [0.2, 0.25) is 0 Å². The van der Waals surface area contributed by atoms with Gasteiger partial charge in [0.05, 0.1) is 7.11 Å². The molecule has 0 radical (unpaired) electrons. The van der Waals surface area contributed by atoms with Crippen LogP contribution in [-0.2, 0) is 9.53 Å². The summed E-state index contributed by atoms with van der Waals surface area (Å²) in [5.74, 6) is -0.166. The van der Waals surface area contributed by atoms with Crippen molar-refractivity contribution >= 4 is 5.97 Å². The van der Waals surface area contributed by atoms with Gasteiger partial charge in [0.2, 0.25) is 0 Å². The number of piperidine rings is 1. The molecule has 4 heteroatoms. The predicted octanol–water partition coefficient (Wildman–Crippen LogP) is 1.65. The van der Waals surface area contributed by atoms with Crippen molar-refractivity contribution in [2.45, 2.75) is 45.6 Å². The lowest BCUT2D eigenvalue weighted by molar-refractivity contribution is -0.143. The van der Waals surface area contributed by atoms with Gasteiger partial charge in [-0.15, -0.1) is 0 Å². The van der Waals surface area contributed by atoms with Crippen LogP contribution in [0, 0.1) is 5.41 Å². The van der Waals surface area contributed by atoms with Crippen molar-refractivity contribution in [3.05, 3.63) is 0 Å². The average Bonchev–Trinajstić information content (AvgIpc) is 2.44. The molecule has 0 aliphatic carbocycles. The van der Waals surface area contributed by atoms with Gasteiger partial charge in [0, 0.05) is 6.54 Å². The van der Waals surface area contributed by atoms with Crippen molar-refractivity contribution in [3.63, 3.8) is 0 Å². The second-order valence-electron chi connectivity index (χ2n) is 5.37. The van der Waals surface area contributed by atoms with Crippen LogP contribution in [0.15, 0.2) is 0 Å². The third-order valence-corrected chi connectivity index (χ3v) is 4.69. The van der Waals surface area contributed by atoms with E-state index in [2.05, 4.69) is 24.1 Å². The summed E-state index contributed by atoms with van der Waals surface area (Å²) in [6.45, 7) is 7.54. The topological polar surface area (TPSA) is 41.6 Å². The van der Waals surface area contributed by atoms with Crippen molar-refractivity contribution in [2.24, 2.45) is 5.41 Å². The maximum Gasteiger partial charge on any atom is 0.324 e. The highest BCUT2D eigenvalue weighted by Crippen LogP contribution is 2.37. The summed E-state index contributed by atoms with van der Waals surface area (Å²) in [7, 11) is 3.26. The second-order valence-corrected chi connectivity index (χ2v) is 5.37. The van der Waals surface area contributed by atoms with Gasteiger partial charge in [-0.25, -0.2) is 0 Å². The molecule has 0 spiro atoms. The third-order valence-electron chi connectivity index (χ3n) is 4.69. The summed E-state index contributed by atoms with van der Waals surface area (Å²) in [5.41, 5.74) is 0.539. The minimum atomic E-state index is -0.203. The van der Waals surface area contributed by atoms with Gasteiger partial charge in [-0.05, 0) is 38.4 Å². The van der Waals surface area contributed by atoms with Crippen LogP contribution in [0.5, 0.6) is 0 Å². The Morgan fingerprint density at radius 2 is 1.89 bits per heavy atom. The minimum Gasteiger partial charge on any atom is -0.468 e. The predicted molar refractivity (Wildman–Crippen MR) is 73.6 cm³/mol. The number of likely N-dealkylation sites (tertiary alicyclic amines) is 1. The van der Waals surface area contributed by atoms with Crippen molar-refractivity contribution in [1.82, 2.24) is 10.2 Å². The van der Waals surface area contributed by atoms with E-state index in [1.165, 1.54) is 32.8 Å². The number of methoxy groups -OCH3 is 1. The van der Waals surface area contributed by atoms with Crippen LogP contribution in [0.4, 0.5) is 0 Å². The van der Waals surface area contributed by atoms with Gasteiger partial charge in [0.25, 0.3) is 0 Å². The molecule has 1 aliphatic heterocycles. The number of carbonyl (C=O) groups is 1. The molecule has 1 unspecified atom stereocenters. The number of likely N-dealkylation sites (N-methyl/N-ethyl adjacent to an activating group) is 1. The number of hydrogen-bond donors (Lipinski definition) is 1. The molecule has 1 aliphatic rings. The van der Waals surface area contributed by atoms with Crippen LogP contribution in [0.1, 0.15) is 39.5 Å². The summed E-state index contributed by atoms with van der Waals surface area (Å²) >= 11 is 0. The lowest BCUT2D eigenvalue weighted by atomic mass is 9.74.